The SMILES string of the molecule is Cc1cc(F)ccc1CCNc1snc(N)c1C#N. The molecule has 0 radical (unpaired) electrons. The van der Waals surface area contributed by atoms with Crippen molar-refractivity contribution in [2.45, 2.75) is 13.3 Å². The third kappa shape index (κ3) is 3.01. The zero-order valence-corrected chi connectivity index (χ0v) is 11.2. The van der Waals surface area contributed by atoms with Gasteiger partial charge in [0, 0.05) is 6.54 Å². The molecule has 1 heterocycles. The molecular weight excluding hydrogens is 263 g/mol. The number of halogens is 1. The van der Waals surface area contributed by atoms with Crippen molar-refractivity contribution in [3.05, 3.63) is 40.7 Å². The van der Waals surface area contributed by atoms with Crippen molar-refractivity contribution < 1.29 is 4.39 Å². The van der Waals surface area contributed by atoms with E-state index in [2.05, 4.69) is 9.69 Å². The summed E-state index contributed by atoms with van der Waals surface area (Å²) in [6.45, 7) is 2.52. The molecule has 0 spiro atoms. The molecule has 0 fully saturated rings. The lowest BCUT2D eigenvalue weighted by Crippen LogP contribution is -2.06. The lowest BCUT2D eigenvalue weighted by atomic mass is 10.1. The molecule has 0 bridgehead atoms. The van der Waals surface area contributed by atoms with E-state index >= 15 is 0 Å². The van der Waals surface area contributed by atoms with Crippen LogP contribution in [0, 0.1) is 24.1 Å². The molecular formula is C13H13FN4S. The minimum atomic E-state index is -0.226. The normalized spacial score (nSPS) is 10.2. The largest absolute Gasteiger partial charge is 0.382 e. The molecule has 0 saturated heterocycles. The Morgan fingerprint density at radius 1 is 1.53 bits per heavy atom. The van der Waals surface area contributed by atoms with E-state index in [1.54, 1.807) is 6.07 Å². The van der Waals surface area contributed by atoms with Crippen molar-refractivity contribution in [1.29, 1.82) is 5.26 Å². The van der Waals surface area contributed by atoms with E-state index < -0.39 is 0 Å². The number of nitrogens with one attached hydrogen (secondary N) is 1. The van der Waals surface area contributed by atoms with Gasteiger partial charge in [-0.05, 0) is 48.1 Å². The molecule has 0 amide bonds. The first kappa shape index (κ1) is 13.3. The number of nitrogen functional groups attached to an aromatic ring is 1. The van der Waals surface area contributed by atoms with Crippen LogP contribution in [0.3, 0.4) is 0 Å². The summed E-state index contributed by atoms with van der Waals surface area (Å²) in [7, 11) is 0. The van der Waals surface area contributed by atoms with Crippen molar-refractivity contribution in [2.24, 2.45) is 0 Å². The van der Waals surface area contributed by atoms with Gasteiger partial charge in [0.05, 0.1) is 0 Å². The Labute approximate surface area is 114 Å². The van der Waals surface area contributed by atoms with Gasteiger partial charge in [-0.3, -0.25) is 0 Å². The van der Waals surface area contributed by atoms with Gasteiger partial charge in [0.15, 0.2) is 5.82 Å². The highest BCUT2D eigenvalue weighted by molar-refractivity contribution is 7.10. The maximum absolute atomic E-state index is 13.0. The maximum atomic E-state index is 13.0. The fourth-order valence-corrected chi connectivity index (χ4v) is 2.47. The molecule has 6 heteroatoms. The summed E-state index contributed by atoms with van der Waals surface area (Å²) in [5, 5.41) is 12.7. The first-order valence-corrected chi connectivity index (χ1v) is 6.53. The van der Waals surface area contributed by atoms with E-state index in [4.69, 9.17) is 11.0 Å². The summed E-state index contributed by atoms with van der Waals surface area (Å²) in [6, 6.07) is 6.77. The molecule has 2 aromatic rings. The highest BCUT2D eigenvalue weighted by Crippen LogP contribution is 2.25. The number of benzene rings is 1. The van der Waals surface area contributed by atoms with Gasteiger partial charge in [0.25, 0.3) is 0 Å². The average molecular weight is 276 g/mol. The van der Waals surface area contributed by atoms with Crippen LogP contribution >= 0.6 is 11.5 Å². The second-order valence-corrected chi connectivity index (χ2v) is 4.90. The van der Waals surface area contributed by atoms with E-state index in [0.717, 1.165) is 17.5 Å². The van der Waals surface area contributed by atoms with E-state index in [9.17, 15) is 4.39 Å². The minimum Gasteiger partial charge on any atom is -0.382 e. The number of hydrogen-bond acceptors (Lipinski definition) is 5. The smallest absolute Gasteiger partial charge is 0.157 e. The van der Waals surface area contributed by atoms with Crippen LogP contribution in [0.5, 0.6) is 0 Å². The average Bonchev–Trinajstić information content (AvgIpc) is 2.72. The number of anilines is 2. The molecule has 0 aliphatic heterocycles. The van der Waals surface area contributed by atoms with Crippen molar-refractivity contribution in [3.8, 4) is 6.07 Å². The van der Waals surface area contributed by atoms with E-state index in [1.165, 1.54) is 23.7 Å². The van der Waals surface area contributed by atoms with Crippen LogP contribution in [0.25, 0.3) is 0 Å². The molecule has 0 atom stereocenters. The molecule has 0 aliphatic rings. The molecule has 0 unspecified atom stereocenters. The highest BCUT2D eigenvalue weighted by Gasteiger charge is 2.10. The van der Waals surface area contributed by atoms with Crippen molar-refractivity contribution in [3.63, 3.8) is 0 Å². The quantitative estimate of drug-likeness (QED) is 0.900. The fourth-order valence-electron chi connectivity index (χ4n) is 1.78. The van der Waals surface area contributed by atoms with Crippen LogP contribution in [0.4, 0.5) is 15.2 Å². The standard InChI is InChI=1S/C13H13FN4S/c1-8-6-10(14)3-2-9(8)4-5-17-13-11(7-15)12(16)18-19-13/h2-3,6,17H,4-5H2,1H3,(H2,16,18). The van der Waals surface area contributed by atoms with Gasteiger partial charge in [-0.1, -0.05) is 6.07 Å². The Hall–Kier alpha value is -2.13. The molecule has 2 rings (SSSR count). The topological polar surface area (TPSA) is 74.7 Å². The third-order valence-electron chi connectivity index (χ3n) is 2.81. The van der Waals surface area contributed by atoms with Crippen molar-refractivity contribution in [1.82, 2.24) is 4.37 Å². The second-order valence-electron chi connectivity index (χ2n) is 4.13. The number of nitrogens with zero attached hydrogens (tertiary/aromatic N) is 2. The minimum absolute atomic E-state index is 0.226. The van der Waals surface area contributed by atoms with Gasteiger partial charge in [-0.2, -0.15) is 9.64 Å². The molecule has 0 saturated carbocycles. The van der Waals surface area contributed by atoms with Gasteiger partial charge in [0.1, 0.15) is 22.5 Å². The Balaban J connectivity index is 1.98. The van der Waals surface area contributed by atoms with Gasteiger partial charge in [-0.25, -0.2) is 4.39 Å². The molecule has 19 heavy (non-hydrogen) atoms. The van der Waals surface area contributed by atoms with Gasteiger partial charge < -0.3 is 11.1 Å². The monoisotopic (exact) mass is 276 g/mol. The highest BCUT2D eigenvalue weighted by atomic mass is 32.1. The van der Waals surface area contributed by atoms with Crippen LogP contribution in [0.1, 0.15) is 16.7 Å². The Morgan fingerprint density at radius 3 is 3.00 bits per heavy atom. The molecule has 98 valence electrons. The fraction of sp³-hybridized carbons (Fsp3) is 0.231. The van der Waals surface area contributed by atoms with E-state index in [-0.39, 0.29) is 11.6 Å². The summed E-state index contributed by atoms with van der Waals surface area (Å²) in [5.74, 6) is 0.0316. The summed E-state index contributed by atoms with van der Waals surface area (Å²) in [5.41, 5.74) is 7.96. The van der Waals surface area contributed by atoms with Crippen LogP contribution in [-0.2, 0) is 6.42 Å². The Morgan fingerprint density at radius 2 is 2.32 bits per heavy atom. The third-order valence-corrected chi connectivity index (χ3v) is 3.63. The van der Waals surface area contributed by atoms with Crippen LogP contribution in [0.15, 0.2) is 18.2 Å². The van der Waals surface area contributed by atoms with Gasteiger partial charge in [-0.15, -0.1) is 0 Å². The summed E-state index contributed by atoms with van der Waals surface area (Å²) in [6.07, 6.45) is 0.745. The lowest BCUT2D eigenvalue weighted by Gasteiger charge is -2.07. The van der Waals surface area contributed by atoms with Crippen LogP contribution < -0.4 is 11.1 Å². The summed E-state index contributed by atoms with van der Waals surface area (Å²) < 4.78 is 16.9. The maximum Gasteiger partial charge on any atom is 0.157 e. The number of nitrogens with two attached hydrogens (primary N) is 1. The zero-order valence-electron chi connectivity index (χ0n) is 10.4. The number of rotatable bonds is 4. The van der Waals surface area contributed by atoms with Crippen molar-refractivity contribution in [2.75, 3.05) is 17.6 Å². The van der Waals surface area contributed by atoms with E-state index in [1.807, 2.05) is 13.0 Å². The summed E-state index contributed by atoms with van der Waals surface area (Å²) in [4.78, 5) is 0. The zero-order chi connectivity index (χ0) is 13.8. The first-order chi connectivity index (χ1) is 9.11. The van der Waals surface area contributed by atoms with Crippen LogP contribution in [0.2, 0.25) is 0 Å². The Kier molecular flexibility index (Phi) is 3.97. The number of nitriles is 1. The molecule has 1 aromatic heterocycles. The molecule has 4 nitrogen and oxygen atoms in total. The predicted octanol–water partition coefficient (Wildman–Crippen LogP) is 2.70. The van der Waals surface area contributed by atoms with Gasteiger partial charge >= 0.3 is 0 Å². The lowest BCUT2D eigenvalue weighted by molar-refractivity contribution is 0.625. The summed E-state index contributed by atoms with van der Waals surface area (Å²) >= 11 is 1.17. The molecule has 1 aromatic carbocycles. The number of aryl methyl sites for hydroxylation is 1. The first-order valence-electron chi connectivity index (χ1n) is 5.76. The number of hydrogen-bond donors (Lipinski definition) is 2. The predicted molar refractivity (Wildman–Crippen MR) is 74.6 cm³/mol. The number of aromatic nitrogens is 1. The Bertz CT molecular complexity index is 630. The van der Waals surface area contributed by atoms with Gasteiger partial charge in [0.2, 0.25) is 0 Å². The second kappa shape index (κ2) is 5.67. The van der Waals surface area contributed by atoms with E-state index in [0.29, 0.717) is 17.1 Å². The molecule has 0 aliphatic carbocycles. The molecule has 3 N–H and O–H groups in total. The van der Waals surface area contributed by atoms with Crippen LogP contribution in [-0.4, -0.2) is 10.9 Å². The van der Waals surface area contributed by atoms with Crippen molar-refractivity contribution >= 4 is 22.4 Å².